The Kier molecular flexibility index (Phi) is 7.40. The largest absolute Gasteiger partial charge is 0.459 e. The highest BCUT2D eigenvalue weighted by atomic mass is 32.2. The van der Waals surface area contributed by atoms with E-state index in [0.29, 0.717) is 34.2 Å². The first-order valence-electron chi connectivity index (χ1n) is 11.4. The number of amides is 1. The van der Waals surface area contributed by atoms with Crippen LogP contribution in [0.3, 0.4) is 0 Å². The number of hydrogen-bond acceptors (Lipinski definition) is 6. The quantitative estimate of drug-likeness (QED) is 0.483. The van der Waals surface area contributed by atoms with Crippen LogP contribution in [0.25, 0.3) is 0 Å². The van der Waals surface area contributed by atoms with Gasteiger partial charge in [0.1, 0.15) is 5.82 Å². The standard InChI is InChI=1S/C27H28FN3O3S/c1-17(2)34-26(33)24-18(3)29-27-31(25(24)20-11-8-12-21(28)13-20)22(16-35-27)14-23(32)30(4)15-19-9-6-5-7-10-19/h5-13,16-17,25H,14-15H2,1-4H3. The Morgan fingerprint density at radius 2 is 1.91 bits per heavy atom. The van der Waals surface area contributed by atoms with Crippen LogP contribution >= 0.6 is 11.8 Å². The zero-order valence-electron chi connectivity index (χ0n) is 20.2. The van der Waals surface area contributed by atoms with Gasteiger partial charge in [-0.3, -0.25) is 4.79 Å². The molecule has 2 heterocycles. The summed E-state index contributed by atoms with van der Waals surface area (Å²) in [5.41, 5.74) is 3.19. The van der Waals surface area contributed by atoms with E-state index in [9.17, 15) is 14.0 Å². The van der Waals surface area contributed by atoms with Crippen molar-refractivity contribution in [1.29, 1.82) is 0 Å². The van der Waals surface area contributed by atoms with Crippen molar-refractivity contribution >= 4 is 28.8 Å². The van der Waals surface area contributed by atoms with Gasteiger partial charge in [-0.25, -0.2) is 14.2 Å². The van der Waals surface area contributed by atoms with E-state index in [0.717, 1.165) is 5.56 Å². The van der Waals surface area contributed by atoms with Crippen LogP contribution in [0.15, 0.2) is 82.0 Å². The Morgan fingerprint density at radius 3 is 2.60 bits per heavy atom. The van der Waals surface area contributed by atoms with Gasteiger partial charge in [0.25, 0.3) is 0 Å². The fraction of sp³-hybridized carbons (Fsp3) is 0.296. The molecular weight excluding hydrogens is 465 g/mol. The van der Waals surface area contributed by atoms with Crippen molar-refractivity contribution in [3.8, 4) is 0 Å². The maximum Gasteiger partial charge on any atom is 0.338 e. The predicted octanol–water partition coefficient (Wildman–Crippen LogP) is 5.40. The number of aliphatic imine (C=N–C) groups is 1. The number of allylic oxidation sites excluding steroid dienone is 1. The monoisotopic (exact) mass is 493 g/mol. The van der Waals surface area contributed by atoms with Crippen molar-refractivity contribution in [3.63, 3.8) is 0 Å². The van der Waals surface area contributed by atoms with Crippen LogP contribution in [-0.2, 0) is 20.9 Å². The van der Waals surface area contributed by atoms with Gasteiger partial charge in [-0.2, -0.15) is 0 Å². The molecule has 0 saturated heterocycles. The molecule has 1 atom stereocenters. The number of carbonyl (C=O) groups is 2. The van der Waals surface area contributed by atoms with E-state index in [2.05, 4.69) is 4.99 Å². The maximum atomic E-state index is 14.3. The van der Waals surface area contributed by atoms with Crippen LogP contribution in [0.5, 0.6) is 0 Å². The molecule has 0 saturated carbocycles. The van der Waals surface area contributed by atoms with Gasteiger partial charge < -0.3 is 14.5 Å². The summed E-state index contributed by atoms with van der Waals surface area (Å²) < 4.78 is 19.8. The van der Waals surface area contributed by atoms with Crippen molar-refractivity contribution < 1.29 is 18.7 Å². The normalized spacial score (nSPS) is 17.2. The second-order valence-corrected chi connectivity index (χ2v) is 9.65. The number of thioether (sulfide) groups is 1. The summed E-state index contributed by atoms with van der Waals surface area (Å²) in [6.45, 7) is 5.80. The zero-order valence-corrected chi connectivity index (χ0v) is 21.0. The van der Waals surface area contributed by atoms with Gasteiger partial charge in [-0.15, -0.1) is 0 Å². The Balaban J connectivity index is 1.65. The van der Waals surface area contributed by atoms with Crippen LogP contribution in [0.4, 0.5) is 4.39 Å². The van der Waals surface area contributed by atoms with Gasteiger partial charge in [0.05, 0.1) is 29.8 Å². The number of nitrogens with zero attached hydrogens (tertiary/aromatic N) is 3. The van der Waals surface area contributed by atoms with Gasteiger partial charge in [-0.05, 0) is 49.4 Å². The third kappa shape index (κ3) is 5.48. The summed E-state index contributed by atoms with van der Waals surface area (Å²) >= 11 is 1.39. The fourth-order valence-corrected chi connectivity index (χ4v) is 5.10. The topological polar surface area (TPSA) is 62.2 Å². The summed E-state index contributed by atoms with van der Waals surface area (Å²) in [6, 6.07) is 15.3. The molecule has 1 unspecified atom stereocenters. The molecule has 2 aliphatic heterocycles. The van der Waals surface area contributed by atoms with E-state index in [1.807, 2.05) is 40.6 Å². The second kappa shape index (κ2) is 10.5. The molecule has 1 amide bonds. The van der Waals surface area contributed by atoms with Gasteiger partial charge in [0.2, 0.25) is 5.91 Å². The first-order valence-corrected chi connectivity index (χ1v) is 12.3. The predicted molar refractivity (Wildman–Crippen MR) is 136 cm³/mol. The highest BCUT2D eigenvalue weighted by Crippen LogP contribution is 2.45. The zero-order chi connectivity index (χ0) is 25.1. The number of rotatable bonds is 7. The Hall–Kier alpha value is -3.39. The number of ether oxygens (including phenoxy) is 1. The van der Waals surface area contributed by atoms with Gasteiger partial charge in [0, 0.05) is 19.3 Å². The molecular formula is C27H28FN3O3S. The van der Waals surface area contributed by atoms with Crippen LogP contribution in [-0.4, -0.2) is 40.0 Å². The number of carbonyl (C=O) groups excluding carboxylic acids is 2. The lowest BCUT2D eigenvalue weighted by atomic mass is 9.93. The lowest BCUT2D eigenvalue weighted by molar-refractivity contribution is -0.143. The molecule has 0 aliphatic carbocycles. The lowest BCUT2D eigenvalue weighted by Gasteiger charge is -2.36. The third-order valence-corrected chi connectivity index (χ3v) is 6.64. The molecule has 2 aromatic rings. The first-order chi connectivity index (χ1) is 16.7. The minimum atomic E-state index is -0.655. The molecule has 2 aliphatic rings. The average Bonchev–Trinajstić information content (AvgIpc) is 3.20. The number of benzene rings is 2. The Bertz CT molecular complexity index is 1220. The van der Waals surface area contributed by atoms with Crippen molar-refractivity contribution in [2.24, 2.45) is 4.99 Å². The molecule has 0 bridgehead atoms. The van der Waals surface area contributed by atoms with Crippen molar-refractivity contribution in [2.45, 2.75) is 45.9 Å². The molecule has 182 valence electrons. The smallest absolute Gasteiger partial charge is 0.338 e. The fourth-order valence-electron chi connectivity index (χ4n) is 4.14. The van der Waals surface area contributed by atoms with Crippen molar-refractivity contribution in [1.82, 2.24) is 9.80 Å². The van der Waals surface area contributed by atoms with Gasteiger partial charge in [0.15, 0.2) is 5.17 Å². The summed E-state index contributed by atoms with van der Waals surface area (Å²) in [5.74, 6) is -0.979. The number of halogens is 1. The first kappa shape index (κ1) is 24.7. The van der Waals surface area contributed by atoms with E-state index in [1.54, 1.807) is 44.9 Å². The van der Waals surface area contributed by atoms with E-state index >= 15 is 0 Å². The molecule has 6 nitrogen and oxygen atoms in total. The van der Waals surface area contributed by atoms with E-state index in [-0.39, 0.29) is 18.4 Å². The third-order valence-electron chi connectivity index (χ3n) is 5.75. The summed E-state index contributed by atoms with van der Waals surface area (Å²) in [5, 5.41) is 2.52. The number of esters is 1. The molecule has 0 aromatic heterocycles. The van der Waals surface area contributed by atoms with Crippen LogP contribution < -0.4 is 0 Å². The molecule has 4 rings (SSSR count). The molecule has 35 heavy (non-hydrogen) atoms. The average molecular weight is 494 g/mol. The molecule has 0 spiro atoms. The molecule has 0 N–H and O–H groups in total. The SMILES string of the molecule is CC1=C(C(=O)OC(C)C)C(c2cccc(F)c2)N2C(CC(=O)N(C)Cc3ccccc3)=CSC2=N1. The van der Waals surface area contributed by atoms with E-state index < -0.39 is 17.8 Å². The molecule has 8 heteroatoms. The summed E-state index contributed by atoms with van der Waals surface area (Å²) in [4.78, 5) is 34.5. The summed E-state index contributed by atoms with van der Waals surface area (Å²) in [7, 11) is 1.77. The minimum Gasteiger partial charge on any atom is -0.459 e. The minimum absolute atomic E-state index is 0.0717. The van der Waals surface area contributed by atoms with E-state index in [1.165, 1.54) is 23.9 Å². The number of amidine groups is 1. The van der Waals surface area contributed by atoms with E-state index in [4.69, 9.17) is 4.74 Å². The van der Waals surface area contributed by atoms with Crippen molar-refractivity contribution in [2.75, 3.05) is 7.05 Å². The second-order valence-electron chi connectivity index (χ2n) is 8.81. The van der Waals surface area contributed by atoms with Crippen LogP contribution in [0.1, 0.15) is 44.4 Å². The van der Waals surface area contributed by atoms with Gasteiger partial charge >= 0.3 is 5.97 Å². The highest BCUT2D eigenvalue weighted by molar-refractivity contribution is 8.16. The van der Waals surface area contributed by atoms with Crippen LogP contribution in [0.2, 0.25) is 0 Å². The highest BCUT2D eigenvalue weighted by Gasteiger charge is 2.41. The Labute approximate surface area is 209 Å². The van der Waals surface area contributed by atoms with Crippen LogP contribution in [0, 0.1) is 5.82 Å². The van der Waals surface area contributed by atoms with Gasteiger partial charge in [-0.1, -0.05) is 54.2 Å². The van der Waals surface area contributed by atoms with Crippen molar-refractivity contribution in [3.05, 3.63) is 93.9 Å². The molecule has 2 aromatic carbocycles. The molecule has 0 radical (unpaired) electrons. The summed E-state index contributed by atoms with van der Waals surface area (Å²) in [6.07, 6.45) is -0.204. The number of fused-ring (bicyclic) bond motifs is 1. The maximum absolute atomic E-state index is 14.3. The lowest BCUT2D eigenvalue weighted by Crippen LogP contribution is -2.38. The Morgan fingerprint density at radius 1 is 1.17 bits per heavy atom. The number of hydrogen-bond donors (Lipinski definition) is 0. The molecule has 0 fully saturated rings.